The third kappa shape index (κ3) is 3.43. The minimum atomic E-state index is -0.536. The summed E-state index contributed by atoms with van der Waals surface area (Å²) in [6.07, 6.45) is 0.841. The molecule has 1 aromatic rings. The molecule has 94 valence electrons. The highest BCUT2D eigenvalue weighted by atomic mass is 16.3. The lowest BCUT2D eigenvalue weighted by Crippen LogP contribution is -2.38. The molecule has 0 saturated carbocycles. The number of aromatic hydroxyl groups is 1. The van der Waals surface area contributed by atoms with Crippen molar-refractivity contribution in [2.75, 3.05) is 19.6 Å². The van der Waals surface area contributed by atoms with Crippen molar-refractivity contribution in [3.05, 3.63) is 29.8 Å². The Kier molecular flexibility index (Phi) is 3.99. The monoisotopic (exact) mass is 237 g/mol. The van der Waals surface area contributed by atoms with E-state index in [1.807, 2.05) is 0 Å². The van der Waals surface area contributed by atoms with Crippen LogP contribution in [0.2, 0.25) is 0 Å². The Balaban J connectivity index is 1.88. The number of likely N-dealkylation sites (tertiary alicyclic amines) is 1. The van der Waals surface area contributed by atoms with Crippen LogP contribution < -0.4 is 0 Å². The van der Waals surface area contributed by atoms with E-state index < -0.39 is 6.10 Å². The molecular weight excluding hydrogens is 218 g/mol. The van der Waals surface area contributed by atoms with E-state index in [2.05, 4.69) is 4.90 Å². The molecule has 1 unspecified atom stereocenters. The summed E-state index contributed by atoms with van der Waals surface area (Å²) in [5, 5.41) is 28.6. The predicted octanol–water partition coefficient (Wildman–Crippen LogP) is 0.882. The first kappa shape index (κ1) is 12.4. The second-order valence-corrected chi connectivity index (χ2v) is 4.64. The summed E-state index contributed by atoms with van der Waals surface area (Å²) in [6.45, 7) is 2.24. The quantitative estimate of drug-likeness (QED) is 0.730. The molecule has 1 saturated heterocycles. The molecule has 0 bridgehead atoms. The molecule has 1 aliphatic rings. The summed E-state index contributed by atoms with van der Waals surface area (Å²) in [4.78, 5) is 2.16. The molecule has 1 aliphatic heterocycles. The van der Waals surface area contributed by atoms with Crippen LogP contribution in [0, 0.1) is 0 Å². The maximum Gasteiger partial charge on any atom is 0.115 e. The van der Waals surface area contributed by atoms with Crippen molar-refractivity contribution in [1.29, 1.82) is 0 Å². The van der Waals surface area contributed by atoms with Crippen molar-refractivity contribution < 1.29 is 15.3 Å². The van der Waals surface area contributed by atoms with E-state index >= 15 is 0 Å². The molecule has 3 N–H and O–H groups in total. The number of phenols is 1. The van der Waals surface area contributed by atoms with Gasteiger partial charge in [-0.1, -0.05) is 12.1 Å². The summed E-state index contributed by atoms with van der Waals surface area (Å²) in [5.74, 6) is 0.210. The first-order valence-corrected chi connectivity index (χ1v) is 6.02. The molecule has 0 aromatic heterocycles. The molecule has 4 heteroatoms. The molecule has 1 atom stereocenters. The Labute approximate surface area is 101 Å². The second-order valence-electron chi connectivity index (χ2n) is 4.64. The van der Waals surface area contributed by atoms with Gasteiger partial charge in [-0.2, -0.15) is 0 Å². The molecule has 2 rings (SSSR count). The Bertz CT molecular complexity index is 344. The van der Waals surface area contributed by atoms with Gasteiger partial charge in [-0.15, -0.1) is 0 Å². The fraction of sp³-hybridized carbons (Fsp3) is 0.538. The van der Waals surface area contributed by atoms with Gasteiger partial charge in [0, 0.05) is 19.6 Å². The van der Waals surface area contributed by atoms with Crippen molar-refractivity contribution in [2.24, 2.45) is 0 Å². The Hall–Kier alpha value is -1.10. The zero-order valence-electron chi connectivity index (χ0n) is 9.79. The van der Waals surface area contributed by atoms with Crippen molar-refractivity contribution in [3.63, 3.8) is 0 Å². The second kappa shape index (κ2) is 5.49. The van der Waals surface area contributed by atoms with Crippen LogP contribution in [0.1, 0.15) is 24.5 Å². The molecule has 0 radical (unpaired) electrons. The molecule has 0 spiro atoms. The van der Waals surface area contributed by atoms with Crippen LogP contribution in [-0.4, -0.2) is 46.0 Å². The summed E-state index contributed by atoms with van der Waals surface area (Å²) in [6, 6.07) is 6.63. The highest BCUT2D eigenvalue weighted by Gasteiger charge is 2.19. The average Bonchev–Trinajstić information content (AvgIpc) is 2.33. The predicted molar refractivity (Wildman–Crippen MR) is 64.7 cm³/mol. The molecule has 0 aliphatic carbocycles. The molecule has 17 heavy (non-hydrogen) atoms. The maximum absolute atomic E-state index is 10.0. The van der Waals surface area contributed by atoms with Gasteiger partial charge < -0.3 is 20.2 Å². The Morgan fingerprint density at radius 3 is 2.35 bits per heavy atom. The van der Waals surface area contributed by atoms with Gasteiger partial charge in [0.15, 0.2) is 0 Å². The van der Waals surface area contributed by atoms with Crippen molar-refractivity contribution in [2.45, 2.75) is 25.0 Å². The maximum atomic E-state index is 10.0. The first-order valence-electron chi connectivity index (χ1n) is 6.02. The topological polar surface area (TPSA) is 63.9 Å². The number of hydrogen-bond donors (Lipinski definition) is 3. The van der Waals surface area contributed by atoms with Gasteiger partial charge >= 0.3 is 0 Å². The number of aliphatic hydroxyl groups excluding tert-OH is 2. The standard InChI is InChI=1S/C13H19NO3/c15-11-3-1-10(2-4-11)13(17)9-14-7-5-12(16)6-8-14/h1-4,12-13,15-17H,5-9H2. The average molecular weight is 237 g/mol. The number of β-amino-alcohol motifs (C(OH)–C–C–N with tert-alkyl or cyclic N) is 1. The lowest BCUT2D eigenvalue weighted by molar-refractivity contribution is 0.0508. The molecule has 1 aromatic carbocycles. The van der Waals surface area contributed by atoms with Gasteiger partial charge in [0.2, 0.25) is 0 Å². The fourth-order valence-corrected chi connectivity index (χ4v) is 2.15. The highest BCUT2D eigenvalue weighted by molar-refractivity contribution is 5.27. The fourth-order valence-electron chi connectivity index (χ4n) is 2.15. The van der Waals surface area contributed by atoms with Crippen molar-refractivity contribution in [3.8, 4) is 5.75 Å². The molecule has 1 heterocycles. The van der Waals surface area contributed by atoms with Gasteiger partial charge in [0.05, 0.1) is 12.2 Å². The van der Waals surface area contributed by atoms with Crippen LogP contribution in [0.4, 0.5) is 0 Å². The van der Waals surface area contributed by atoms with Crippen molar-refractivity contribution >= 4 is 0 Å². The number of hydrogen-bond acceptors (Lipinski definition) is 4. The summed E-state index contributed by atoms with van der Waals surface area (Å²) >= 11 is 0. The van der Waals surface area contributed by atoms with E-state index in [1.165, 1.54) is 0 Å². The lowest BCUT2D eigenvalue weighted by atomic mass is 10.1. The van der Waals surface area contributed by atoms with E-state index in [-0.39, 0.29) is 11.9 Å². The van der Waals surface area contributed by atoms with E-state index in [1.54, 1.807) is 24.3 Å². The minimum Gasteiger partial charge on any atom is -0.508 e. The van der Waals surface area contributed by atoms with Gasteiger partial charge in [-0.05, 0) is 30.5 Å². The number of benzene rings is 1. The molecule has 0 amide bonds. The Morgan fingerprint density at radius 1 is 1.18 bits per heavy atom. The first-order chi connectivity index (χ1) is 8.15. The zero-order chi connectivity index (χ0) is 12.3. The van der Waals surface area contributed by atoms with Crippen LogP contribution >= 0.6 is 0 Å². The summed E-state index contributed by atoms with van der Waals surface area (Å²) in [5.41, 5.74) is 0.814. The third-order valence-corrected chi connectivity index (χ3v) is 3.27. The van der Waals surface area contributed by atoms with Crippen LogP contribution in [0.15, 0.2) is 24.3 Å². The normalized spacial score (nSPS) is 20.4. The molecule has 1 fully saturated rings. The number of phenolic OH excluding ortho intramolecular Hbond substituents is 1. The van der Waals surface area contributed by atoms with Crippen LogP contribution in [0.5, 0.6) is 5.75 Å². The van der Waals surface area contributed by atoms with Crippen LogP contribution in [-0.2, 0) is 0 Å². The number of piperidine rings is 1. The van der Waals surface area contributed by atoms with Gasteiger partial charge in [0.1, 0.15) is 5.75 Å². The van der Waals surface area contributed by atoms with E-state index in [0.29, 0.717) is 6.54 Å². The number of nitrogens with zero attached hydrogens (tertiary/aromatic N) is 1. The van der Waals surface area contributed by atoms with E-state index in [4.69, 9.17) is 5.11 Å². The largest absolute Gasteiger partial charge is 0.508 e. The Morgan fingerprint density at radius 2 is 1.76 bits per heavy atom. The third-order valence-electron chi connectivity index (χ3n) is 3.27. The van der Waals surface area contributed by atoms with Gasteiger partial charge in [-0.25, -0.2) is 0 Å². The lowest BCUT2D eigenvalue weighted by Gasteiger charge is -2.31. The van der Waals surface area contributed by atoms with Gasteiger partial charge in [0.25, 0.3) is 0 Å². The molecule has 4 nitrogen and oxygen atoms in total. The van der Waals surface area contributed by atoms with Gasteiger partial charge in [-0.3, -0.25) is 0 Å². The molecular formula is C13H19NO3. The van der Waals surface area contributed by atoms with Crippen LogP contribution in [0.3, 0.4) is 0 Å². The van der Waals surface area contributed by atoms with Crippen LogP contribution in [0.25, 0.3) is 0 Å². The highest BCUT2D eigenvalue weighted by Crippen LogP contribution is 2.19. The SMILES string of the molecule is Oc1ccc(C(O)CN2CCC(O)CC2)cc1. The van der Waals surface area contributed by atoms with E-state index in [0.717, 1.165) is 31.5 Å². The van der Waals surface area contributed by atoms with E-state index in [9.17, 15) is 10.2 Å². The summed E-state index contributed by atoms with van der Waals surface area (Å²) < 4.78 is 0. The summed E-state index contributed by atoms with van der Waals surface area (Å²) in [7, 11) is 0. The number of aliphatic hydroxyl groups is 2. The zero-order valence-corrected chi connectivity index (χ0v) is 9.79. The smallest absolute Gasteiger partial charge is 0.115 e. The number of rotatable bonds is 3. The van der Waals surface area contributed by atoms with Crippen molar-refractivity contribution in [1.82, 2.24) is 4.90 Å². The minimum absolute atomic E-state index is 0.183.